The standard InChI is InChI=1S/C12H21N3O/c1-3-10-8-11(15(2)14-10)9-16-12-4-6-13-7-5-12/h8,12-13H,3-7,9H2,1-2H3. The molecule has 0 amide bonds. The summed E-state index contributed by atoms with van der Waals surface area (Å²) in [6.07, 6.45) is 3.65. The Bertz CT molecular complexity index is 329. The number of rotatable bonds is 4. The molecule has 2 rings (SSSR count). The lowest BCUT2D eigenvalue weighted by Gasteiger charge is -2.22. The maximum absolute atomic E-state index is 5.91. The smallest absolute Gasteiger partial charge is 0.0888 e. The third kappa shape index (κ3) is 2.83. The molecule has 1 N–H and O–H groups in total. The average molecular weight is 223 g/mol. The lowest BCUT2D eigenvalue weighted by Crippen LogP contribution is -2.32. The Morgan fingerprint density at radius 1 is 1.50 bits per heavy atom. The fourth-order valence-electron chi connectivity index (χ4n) is 2.04. The van der Waals surface area contributed by atoms with Gasteiger partial charge in [-0.3, -0.25) is 4.68 Å². The predicted molar refractivity (Wildman–Crippen MR) is 63.3 cm³/mol. The van der Waals surface area contributed by atoms with E-state index in [1.807, 2.05) is 11.7 Å². The molecule has 90 valence electrons. The molecule has 1 aromatic rings. The molecule has 2 heterocycles. The molecule has 0 bridgehead atoms. The summed E-state index contributed by atoms with van der Waals surface area (Å²) in [5.41, 5.74) is 2.32. The highest BCUT2D eigenvalue weighted by Gasteiger charge is 2.14. The summed E-state index contributed by atoms with van der Waals surface area (Å²) in [7, 11) is 1.99. The molecule has 1 fully saturated rings. The van der Waals surface area contributed by atoms with E-state index in [1.165, 1.54) is 5.69 Å². The van der Waals surface area contributed by atoms with E-state index in [0.29, 0.717) is 12.7 Å². The van der Waals surface area contributed by atoms with E-state index in [4.69, 9.17) is 4.74 Å². The third-order valence-corrected chi connectivity index (χ3v) is 3.14. The number of ether oxygens (including phenoxy) is 1. The zero-order valence-corrected chi connectivity index (χ0v) is 10.2. The molecule has 1 aliphatic heterocycles. The molecule has 4 nitrogen and oxygen atoms in total. The van der Waals surface area contributed by atoms with Crippen LogP contribution in [-0.4, -0.2) is 29.0 Å². The van der Waals surface area contributed by atoms with Gasteiger partial charge in [0.2, 0.25) is 0 Å². The summed E-state index contributed by atoms with van der Waals surface area (Å²) < 4.78 is 7.84. The summed E-state index contributed by atoms with van der Waals surface area (Å²) in [4.78, 5) is 0. The summed E-state index contributed by atoms with van der Waals surface area (Å²) in [5.74, 6) is 0. The minimum Gasteiger partial charge on any atom is -0.372 e. The Morgan fingerprint density at radius 2 is 2.25 bits per heavy atom. The Labute approximate surface area is 97.0 Å². The normalized spacial score (nSPS) is 17.9. The highest BCUT2D eigenvalue weighted by atomic mass is 16.5. The van der Waals surface area contributed by atoms with Gasteiger partial charge in [-0.25, -0.2) is 0 Å². The molecule has 16 heavy (non-hydrogen) atoms. The zero-order chi connectivity index (χ0) is 11.4. The van der Waals surface area contributed by atoms with Crippen LogP contribution in [0.4, 0.5) is 0 Å². The topological polar surface area (TPSA) is 39.1 Å². The maximum Gasteiger partial charge on any atom is 0.0888 e. The molecule has 1 aliphatic rings. The van der Waals surface area contributed by atoms with Crippen LogP contribution in [-0.2, 0) is 24.8 Å². The minimum atomic E-state index is 0.418. The lowest BCUT2D eigenvalue weighted by molar-refractivity contribution is 0.0182. The van der Waals surface area contributed by atoms with Crippen LogP contribution in [0.3, 0.4) is 0 Å². The van der Waals surface area contributed by atoms with E-state index < -0.39 is 0 Å². The zero-order valence-electron chi connectivity index (χ0n) is 10.2. The second kappa shape index (κ2) is 5.46. The molecular formula is C12H21N3O. The monoisotopic (exact) mass is 223 g/mol. The van der Waals surface area contributed by atoms with Crippen molar-refractivity contribution in [2.75, 3.05) is 13.1 Å². The molecule has 0 unspecified atom stereocenters. The van der Waals surface area contributed by atoms with Crippen LogP contribution < -0.4 is 5.32 Å². The highest BCUT2D eigenvalue weighted by Crippen LogP contribution is 2.11. The van der Waals surface area contributed by atoms with Gasteiger partial charge in [-0.2, -0.15) is 5.10 Å². The molecule has 0 aliphatic carbocycles. The van der Waals surface area contributed by atoms with Crippen molar-refractivity contribution in [3.63, 3.8) is 0 Å². The van der Waals surface area contributed by atoms with E-state index >= 15 is 0 Å². The van der Waals surface area contributed by atoms with Crippen LogP contribution in [0.15, 0.2) is 6.07 Å². The van der Waals surface area contributed by atoms with Crippen LogP contribution in [0.1, 0.15) is 31.2 Å². The number of aryl methyl sites for hydroxylation is 2. The van der Waals surface area contributed by atoms with Crippen molar-refractivity contribution in [3.05, 3.63) is 17.5 Å². The van der Waals surface area contributed by atoms with E-state index in [9.17, 15) is 0 Å². The van der Waals surface area contributed by atoms with Gasteiger partial charge in [0.1, 0.15) is 0 Å². The molecule has 1 aromatic heterocycles. The van der Waals surface area contributed by atoms with Crippen LogP contribution in [0.5, 0.6) is 0 Å². The van der Waals surface area contributed by atoms with Gasteiger partial charge in [0.15, 0.2) is 0 Å². The highest BCUT2D eigenvalue weighted by molar-refractivity contribution is 5.09. The first kappa shape index (κ1) is 11.6. The largest absolute Gasteiger partial charge is 0.372 e. The summed E-state index contributed by atoms with van der Waals surface area (Å²) in [6, 6.07) is 2.14. The third-order valence-electron chi connectivity index (χ3n) is 3.14. The van der Waals surface area contributed by atoms with E-state index in [1.54, 1.807) is 0 Å². The summed E-state index contributed by atoms with van der Waals surface area (Å²) in [6.45, 7) is 4.97. The van der Waals surface area contributed by atoms with Gasteiger partial charge in [-0.05, 0) is 38.4 Å². The van der Waals surface area contributed by atoms with Crippen molar-refractivity contribution < 1.29 is 4.74 Å². The van der Waals surface area contributed by atoms with Crippen molar-refractivity contribution in [2.45, 2.75) is 38.9 Å². The molecule has 1 saturated heterocycles. The number of aromatic nitrogens is 2. The fraction of sp³-hybridized carbons (Fsp3) is 0.750. The van der Waals surface area contributed by atoms with Gasteiger partial charge in [-0.15, -0.1) is 0 Å². The van der Waals surface area contributed by atoms with Gasteiger partial charge in [0.25, 0.3) is 0 Å². The van der Waals surface area contributed by atoms with E-state index in [-0.39, 0.29) is 0 Å². The Morgan fingerprint density at radius 3 is 2.88 bits per heavy atom. The van der Waals surface area contributed by atoms with E-state index in [0.717, 1.165) is 38.0 Å². The first-order valence-electron chi connectivity index (χ1n) is 6.13. The van der Waals surface area contributed by atoms with Crippen molar-refractivity contribution in [1.29, 1.82) is 0 Å². The minimum absolute atomic E-state index is 0.418. The van der Waals surface area contributed by atoms with Crippen LogP contribution in [0.25, 0.3) is 0 Å². The first-order chi connectivity index (χ1) is 7.79. The molecule has 4 heteroatoms. The molecule has 0 radical (unpaired) electrons. The van der Waals surface area contributed by atoms with Crippen molar-refractivity contribution in [1.82, 2.24) is 15.1 Å². The SMILES string of the molecule is CCc1cc(COC2CCNCC2)n(C)n1. The Hall–Kier alpha value is -0.870. The van der Waals surface area contributed by atoms with Crippen molar-refractivity contribution >= 4 is 0 Å². The molecule has 0 saturated carbocycles. The lowest BCUT2D eigenvalue weighted by atomic mass is 10.1. The Balaban J connectivity index is 1.85. The second-order valence-corrected chi connectivity index (χ2v) is 4.36. The molecular weight excluding hydrogens is 202 g/mol. The number of hydrogen-bond acceptors (Lipinski definition) is 3. The van der Waals surface area contributed by atoms with Gasteiger partial charge >= 0.3 is 0 Å². The van der Waals surface area contributed by atoms with Crippen LogP contribution >= 0.6 is 0 Å². The Kier molecular flexibility index (Phi) is 3.96. The quantitative estimate of drug-likeness (QED) is 0.835. The van der Waals surface area contributed by atoms with Crippen molar-refractivity contribution in [2.24, 2.45) is 7.05 Å². The average Bonchev–Trinajstić information content (AvgIpc) is 2.69. The molecule has 0 atom stereocenters. The van der Waals surface area contributed by atoms with Gasteiger partial charge < -0.3 is 10.1 Å². The predicted octanol–water partition coefficient (Wildman–Crippen LogP) is 1.25. The number of piperidine rings is 1. The number of nitrogens with zero attached hydrogens (tertiary/aromatic N) is 2. The molecule has 0 spiro atoms. The fourth-order valence-corrected chi connectivity index (χ4v) is 2.04. The van der Waals surface area contributed by atoms with Crippen LogP contribution in [0.2, 0.25) is 0 Å². The summed E-state index contributed by atoms with van der Waals surface area (Å²) >= 11 is 0. The number of nitrogens with one attached hydrogen (secondary N) is 1. The van der Waals surface area contributed by atoms with Gasteiger partial charge in [-0.1, -0.05) is 6.92 Å². The first-order valence-corrected chi connectivity index (χ1v) is 6.13. The van der Waals surface area contributed by atoms with Gasteiger partial charge in [0, 0.05) is 7.05 Å². The molecule has 0 aromatic carbocycles. The van der Waals surface area contributed by atoms with Crippen molar-refractivity contribution in [3.8, 4) is 0 Å². The number of hydrogen-bond donors (Lipinski definition) is 1. The van der Waals surface area contributed by atoms with E-state index in [2.05, 4.69) is 23.4 Å². The second-order valence-electron chi connectivity index (χ2n) is 4.36. The maximum atomic E-state index is 5.91. The van der Waals surface area contributed by atoms with Crippen LogP contribution in [0, 0.1) is 0 Å². The summed E-state index contributed by atoms with van der Waals surface area (Å²) in [5, 5.41) is 7.76. The van der Waals surface area contributed by atoms with Gasteiger partial charge in [0.05, 0.1) is 24.1 Å².